The molecule has 0 rings (SSSR count). The highest BCUT2D eigenvalue weighted by Gasteiger charge is 2.02. The molecule has 186 valence electrons. The molecule has 0 aliphatic carbocycles. The third-order valence-corrected chi connectivity index (χ3v) is 6.57. The van der Waals surface area contributed by atoms with Gasteiger partial charge >= 0.3 is 5.97 Å². The van der Waals surface area contributed by atoms with Gasteiger partial charge in [-0.05, 0) is 19.3 Å². The Kier molecular flexibility index (Phi) is 25.2. The molecule has 0 saturated carbocycles. The standard InChI is InChI=1S/C28H56O3/c1-2-3-24-27(29)25-22-20-18-16-14-12-10-8-6-4-5-7-9-11-13-15-17-19-21-23-26-28(30)31/h27,29H,2-26H2,1H3,(H,30,31). The summed E-state index contributed by atoms with van der Waals surface area (Å²) in [5, 5.41) is 18.4. The number of unbranched alkanes of at least 4 members (excludes halogenated alkanes) is 20. The number of aliphatic hydroxyl groups excluding tert-OH is 1. The highest BCUT2D eigenvalue weighted by Crippen LogP contribution is 2.16. The smallest absolute Gasteiger partial charge is 0.303 e. The summed E-state index contributed by atoms with van der Waals surface area (Å²) >= 11 is 0. The molecule has 0 aliphatic heterocycles. The fourth-order valence-electron chi connectivity index (χ4n) is 4.42. The van der Waals surface area contributed by atoms with Gasteiger partial charge < -0.3 is 10.2 Å². The second-order valence-electron chi connectivity index (χ2n) is 9.80. The first-order valence-corrected chi connectivity index (χ1v) is 14.1. The first-order valence-electron chi connectivity index (χ1n) is 14.1. The first-order chi connectivity index (χ1) is 15.2. The van der Waals surface area contributed by atoms with Crippen molar-refractivity contribution in [2.75, 3.05) is 0 Å². The van der Waals surface area contributed by atoms with E-state index in [0.717, 1.165) is 25.7 Å². The van der Waals surface area contributed by atoms with Gasteiger partial charge in [0, 0.05) is 6.42 Å². The predicted octanol–water partition coefficient (Wildman–Crippen LogP) is 9.20. The second kappa shape index (κ2) is 25.7. The molecular weight excluding hydrogens is 384 g/mol. The normalized spacial score (nSPS) is 12.3. The molecule has 0 spiro atoms. The molecule has 0 saturated heterocycles. The van der Waals surface area contributed by atoms with Crippen LogP contribution in [0.1, 0.15) is 167 Å². The van der Waals surface area contributed by atoms with Crippen molar-refractivity contribution in [3.63, 3.8) is 0 Å². The molecule has 0 heterocycles. The Morgan fingerprint density at radius 3 is 1.13 bits per heavy atom. The zero-order chi connectivity index (χ0) is 22.8. The molecule has 0 fully saturated rings. The van der Waals surface area contributed by atoms with Crippen LogP contribution in [-0.2, 0) is 4.79 Å². The van der Waals surface area contributed by atoms with Crippen molar-refractivity contribution in [1.82, 2.24) is 0 Å². The van der Waals surface area contributed by atoms with Gasteiger partial charge in [-0.3, -0.25) is 4.79 Å². The zero-order valence-corrected chi connectivity index (χ0v) is 21.1. The van der Waals surface area contributed by atoms with E-state index < -0.39 is 5.97 Å². The highest BCUT2D eigenvalue weighted by molar-refractivity contribution is 5.66. The van der Waals surface area contributed by atoms with Crippen molar-refractivity contribution in [2.24, 2.45) is 0 Å². The third kappa shape index (κ3) is 27.4. The molecule has 0 aromatic carbocycles. The van der Waals surface area contributed by atoms with Crippen LogP contribution >= 0.6 is 0 Å². The lowest BCUT2D eigenvalue weighted by molar-refractivity contribution is -0.137. The Hall–Kier alpha value is -0.570. The van der Waals surface area contributed by atoms with Crippen LogP contribution in [0.15, 0.2) is 0 Å². The lowest BCUT2D eigenvalue weighted by Crippen LogP contribution is -2.05. The maximum atomic E-state index is 10.4. The van der Waals surface area contributed by atoms with Crippen LogP contribution in [0.25, 0.3) is 0 Å². The van der Waals surface area contributed by atoms with Crippen LogP contribution in [-0.4, -0.2) is 22.3 Å². The molecular formula is C28H56O3. The summed E-state index contributed by atoms with van der Waals surface area (Å²) in [6.07, 6.45) is 31.1. The summed E-state index contributed by atoms with van der Waals surface area (Å²) < 4.78 is 0. The van der Waals surface area contributed by atoms with E-state index in [1.165, 1.54) is 128 Å². The van der Waals surface area contributed by atoms with Crippen LogP contribution in [0.5, 0.6) is 0 Å². The highest BCUT2D eigenvalue weighted by atomic mass is 16.4. The average molecular weight is 441 g/mol. The molecule has 2 N–H and O–H groups in total. The van der Waals surface area contributed by atoms with E-state index in [4.69, 9.17) is 5.11 Å². The Morgan fingerprint density at radius 1 is 0.516 bits per heavy atom. The van der Waals surface area contributed by atoms with Crippen LogP contribution in [0.4, 0.5) is 0 Å². The molecule has 0 radical (unpaired) electrons. The molecule has 31 heavy (non-hydrogen) atoms. The Bertz CT molecular complexity index is 356. The minimum Gasteiger partial charge on any atom is -0.481 e. The van der Waals surface area contributed by atoms with E-state index >= 15 is 0 Å². The Balaban J connectivity index is 3.06. The maximum Gasteiger partial charge on any atom is 0.303 e. The number of hydrogen-bond donors (Lipinski definition) is 2. The molecule has 0 aromatic rings. The number of carbonyl (C=O) groups is 1. The van der Waals surface area contributed by atoms with Gasteiger partial charge in [0.1, 0.15) is 0 Å². The maximum absolute atomic E-state index is 10.4. The van der Waals surface area contributed by atoms with Gasteiger partial charge in [-0.2, -0.15) is 0 Å². The SMILES string of the molecule is CCCCC(O)CCCCCCCCCCCCCCCCCCCCCCC(=O)O. The summed E-state index contributed by atoms with van der Waals surface area (Å²) in [5.74, 6) is -0.656. The molecule has 0 aromatic heterocycles. The Morgan fingerprint density at radius 2 is 0.806 bits per heavy atom. The van der Waals surface area contributed by atoms with Crippen LogP contribution in [0.2, 0.25) is 0 Å². The second-order valence-corrected chi connectivity index (χ2v) is 9.80. The fourth-order valence-corrected chi connectivity index (χ4v) is 4.42. The first kappa shape index (κ1) is 30.4. The van der Waals surface area contributed by atoms with E-state index in [9.17, 15) is 9.90 Å². The van der Waals surface area contributed by atoms with E-state index in [-0.39, 0.29) is 6.10 Å². The van der Waals surface area contributed by atoms with Crippen molar-refractivity contribution in [2.45, 2.75) is 174 Å². The summed E-state index contributed by atoms with van der Waals surface area (Å²) in [7, 11) is 0. The van der Waals surface area contributed by atoms with Gasteiger partial charge in [0.05, 0.1) is 6.10 Å². The minimum absolute atomic E-state index is 0.0481. The Labute approximate surface area is 194 Å². The van der Waals surface area contributed by atoms with Crippen molar-refractivity contribution < 1.29 is 15.0 Å². The lowest BCUT2D eigenvalue weighted by atomic mass is 10.0. The van der Waals surface area contributed by atoms with Gasteiger partial charge in [0.15, 0.2) is 0 Å². The molecule has 0 amide bonds. The molecule has 0 bridgehead atoms. The predicted molar refractivity (Wildman–Crippen MR) is 135 cm³/mol. The van der Waals surface area contributed by atoms with E-state index in [0.29, 0.717) is 6.42 Å². The fraction of sp³-hybridized carbons (Fsp3) is 0.964. The van der Waals surface area contributed by atoms with Gasteiger partial charge in [0.25, 0.3) is 0 Å². The third-order valence-electron chi connectivity index (χ3n) is 6.57. The molecule has 3 nitrogen and oxygen atoms in total. The van der Waals surface area contributed by atoms with E-state index in [2.05, 4.69) is 6.92 Å². The summed E-state index contributed by atoms with van der Waals surface area (Å²) in [4.78, 5) is 10.4. The van der Waals surface area contributed by atoms with Crippen molar-refractivity contribution in [1.29, 1.82) is 0 Å². The van der Waals surface area contributed by atoms with Gasteiger partial charge in [-0.15, -0.1) is 0 Å². The van der Waals surface area contributed by atoms with Crippen molar-refractivity contribution >= 4 is 5.97 Å². The van der Waals surface area contributed by atoms with Crippen LogP contribution in [0, 0.1) is 0 Å². The monoisotopic (exact) mass is 440 g/mol. The number of aliphatic hydroxyl groups is 1. The number of rotatable bonds is 26. The van der Waals surface area contributed by atoms with Crippen molar-refractivity contribution in [3.05, 3.63) is 0 Å². The minimum atomic E-state index is -0.656. The summed E-state index contributed by atoms with van der Waals surface area (Å²) in [6, 6.07) is 0. The topological polar surface area (TPSA) is 57.5 Å². The quantitative estimate of drug-likeness (QED) is 0.132. The summed E-state index contributed by atoms with van der Waals surface area (Å²) in [5.41, 5.74) is 0. The van der Waals surface area contributed by atoms with E-state index in [1.54, 1.807) is 0 Å². The number of carboxylic acids is 1. The van der Waals surface area contributed by atoms with Gasteiger partial charge in [-0.25, -0.2) is 0 Å². The zero-order valence-electron chi connectivity index (χ0n) is 21.1. The molecule has 3 heteroatoms. The van der Waals surface area contributed by atoms with Crippen LogP contribution in [0.3, 0.4) is 0 Å². The molecule has 1 atom stereocenters. The summed E-state index contributed by atoms with van der Waals surface area (Å²) in [6.45, 7) is 2.19. The van der Waals surface area contributed by atoms with Gasteiger partial charge in [-0.1, -0.05) is 142 Å². The van der Waals surface area contributed by atoms with E-state index in [1.807, 2.05) is 0 Å². The van der Waals surface area contributed by atoms with Gasteiger partial charge in [0.2, 0.25) is 0 Å². The van der Waals surface area contributed by atoms with Crippen LogP contribution < -0.4 is 0 Å². The number of carboxylic acid groups (broad SMARTS) is 1. The molecule has 0 aliphatic rings. The lowest BCUT2D eigenvalue weighted by Gasteiger charge is -2.09. The largest absolute Gasteiger partial charge is 0.481 e. The van der Waals surface area contributed by atoms with Crippen molar-refractivity contribution in [3.8, 4) is 0 Å². The average Bonchev–Trinajstić information content (AvgIpc) is 2.75. The number of aliphatic carboxylic acids is 1. The molecule has 1 unspecified atom stereocenters. The number of hydrogen-bond acceptors (Lipinski definition) is 2.